The number of halogens is 1. The second-order valence-corrected chi connectivity index (χ2v) is 4.19. The van der Waals surface area contributed by atoms with E-state index in [1.54, 1.807) is 24.4 Å². The molecule has 0 aliphatic rings. The molecule has 1 aromatic rings. The normalized spacial score (nSPS) is 9.93. The van der Waals surface area contributed by atoms with Gasteiger partial charge in [-0.15, -0.1) is 11.3 Å². The molecule has 0 radical (unpaired) electrons. The van der Waals surface area contributed by atoms with Gasteiger partial charge in [-0.2, -0.15) is 0 Å². The van der Waals surface area contributed by atoms with Crippen LogP contribution in [0.4, 0.5) is 5.13 Å². The molecule has 6 heteroatoms. The highest BCUT2D eigenvalue weighted by Crippen LogP contribution is 2.18. The average Bonchev–Trinajstić information content (AvgIpc) is 2.51. The number of rotatable bonds is 4. The molecule has 14 heavy (non-hydrogen) atoms. The Morgan fingerprint density at radius 3 is 2.93 bits per heavy atom. The van der Waals surface area contributed by atoms with E-state index in [1.165, 1.54) is 11.3 Å². The summed E-state index contributed by atoms with van der Waals surface area (Å²) >= 11 is 7.07. The number of anilines is 1. The predicted molar refractivity (Wildman–Crippen MR) is 58.9 cm³/mol. The van der Waals surface area contributed by atoms with Crippen LogP contribution in [0.1, 0.15) is 6.42 Å². The zero-order valence-electron chi connectivity index (χ0n) is 8.08. The van der Waals surface area contributed by atoms with E-state index >= 15 is 0 Å². The summed E-state index contributed by atoms with van der Waals surface area (Å²) in [7, 11) is 3.48. The fraction of sp³-hybridized carbons (Fsp3) is 0.500. The largest absolute Gasteiger partial charge is 0.361 e. The number of nitrogens with one attached hydrogen (secondary N) is 1. The number of amides is 1. The van der Waals surface area contributed by atoms with Crippen LogP contribution in [0.5, 0.6) is 0 Å². The molecule has 0 aliphatic heterocycles. The molecule has 4 nitrogen and oxygen atoms in total. The third kappa shape index (κ3) is 3.51. The highest BCUT2D eigenvalue weighted by Gasteiger charge is 2.04. The van der Waals surface area contributed by atoms with Gasteiger partial charge in [-0.1, -0.05) is 11.6 Å². The molecule has 0 bridgehead atoms. The van der Waals surface area contributed by atoms with Crippen molar-refractivity contribution in [2.24, 2.45) is 0 Å². The topological polar surface area (TPSA) is 45.2 Å². The van der Waals surface area contributed by atoms with Gasteiger partial charge in [0.05, 0.1) is 0 Å². The minimum absolute atomic E-state index is 0.0974. The van der Waals surface area contributed by atoms with Gasteiger partial charge >= 0.3 is 0 Å². The fourth-order valence-electron chi connectivity index (χ4n) is 0.835. The molecule has 0 aromatic carbocycles. The molecule has 0 atom stereocenters. The van der Waals surface area contributed by atoms with Crippen LogP contribution in [0.2, 0.25) is 5.15 Å². The van der Waals surface area contributed by atoms with Gasteiger partial charge in [-0.3, -0.25) is 4.79 Å². The number of hydrogen-bond acceptors (Lipinski definition) is 4. The summed E-state index contributed by atoms with van der Waals surface area (Å²) in [5, 5.41) is 6.01. The van der Waals surface area contributed by atoms with Crippen molar-refractivity contribution in [1.82, 2.24) is 9.88 Å². The van der Waals surface area contributed by atoms with Crippen LogP contribution in [0.15, 0.2) is 5.38 Å². The van der Waals surface area contributed by atoms with E-state index in [9.17, 15) is 4.79 Å². The van der Waals surface area contributed by atoms with Crippen LogP contribution in [-0.4, -0.2) is 36.4 Å². The Balaban J connectivity index is 2.25. The molecule has 1 N–H and O–H groups in total. The molecule has 0 aliphatic carbocycles. The minimum Gasteiger partial charge on any atom is -0.361 e. The SMILES string of the molecule is CN(C)C(=O)CCNc1nc(Cl)cs1. The van der Waals surface area contributed by atoms with E-state index in [-0.39, 0.29) is 5.91 Å². The van der Waals surface area contributed by atoms with Crippen molar-refractivity contribution in [3.63, 3.8) is 0 Å². The first kappa shape index (κ1) is 11.3. The fourth-order valence-corrected chi connectivity index (χ4v) is 1.70. The lowest BCUT2D eigenvalue weighted by Gasteiger charge is -2.09. The van der Waals surface area contributed by atoms with Gasteiger partial charge < -0.3 is 10.2 Å². The molecule has 78 valence electrons. The second kappa shape index (κ2) is 5.17. The van der Waals surface area contributed by atoms with E-state index in [2.05, 4.69) is 10.3 Å². The van der Waals surface area contributed by atoms with Gasteiger partial charge in [0.2, 0.25) is 5.91 Å². The molecule has 0 unspecified atom stereocenters. The first-order chi connectivity index (χ1) is 6.59. The van der Waals surface area contributed by atoms with Crippen LogP contribution < -0.4 is 5.32 Å². The van der Waals surface area contributed by atoms with Crippen LogP contribution in [0.25, 0.3) is 0 Å². The lowest BCUT2D eigenvalue weighted by atomic mass is 10.4. The Morgan fingerprint density at radius 2 is 2.43 bits per heavy atom. The van der Waals surface area contributed by atoms with Crippen LogP contribution in [0.3, 0.4) is 0 Å². The summed E-state index contributed by atoms with van der Waals surface area (Å²) in [5.41, 5.74) is 0. The van der Waals surface area contributed by atoms with Gasteiger partial charge in [0, 0.05) is 32.4 Å². The quantitative estimate of drug-likeness (QED) is 0.861. The number of carbonyl (C=O) groups excluding carboxylic acids is 1. The number of hydrogen-bond donors (Lipinski definition) is 1. The van der Waals surface area contributed by atoms with Crippen molar-refractivity contribution < 1.29 is 4.79 Å². The Hall–Kier alpha value is -0.810. The van der Waals surface area contributed by atoms with Gasteiger partial charge in [0.15, 0.2) is 5.13 Å². The van der Waals surface area contributed by atoms with Gasteiger partial charge in [-0.05, 0) is 0 Å². The predicted octanol–water partition coefficient (Wildman–Crippen LogP) is 1.69. The lowest BCUT2D eigenvalue weighted by molar-refractivity contribution is -0.128. The lowest BCUT2D eigenvalue weighted by Crippen LogP contribution is -2.23. The molecular formula is C8H12ClN3OS. The van der Waals surface area contributed by atoms with Crippen molar-refractivity contribution in [2.75, 3.05) is 26.0 Å². The first-order valence-corrected chi connectivity index (χ1v) is 5.40. The Labute approximate surface area is 91.9 Å². The smallest absolute Gasteiger partial charge is 0.223 e. The monoisotopic (exact) mass is 233 g/mol. The van der Waals surface area contributed by atoms with Crippen LogP contribution in [-0.2, 0) is 4.79 Å². The standard InChI is InChI=1S/C8H12ClN3OS/c1-12(2)7(13)3-4-10-8-11-6(9)5-14-8/h5H,3-4H2,1-2H3,(H,10,11). The van der Waals surface area contributed by atoms with Crippen molar-refractivity contribution in [3.05, 3.63) is 10.5 Å². The Bertz CT molecular complexity index is 313. The van der Waals surface area contributed by atoms with E-state index in [1.807, 2.05) is 0 Å². The van der Waals surface area contributed by atoms with Crippen molar-refractivity contribution in [2.45, 2.75) is 6.42 Å². The second-order valence-electron chi connectivity index (χ2n) is 2.94. The van der Waals surface area contributed by atoms with Crippen LogP contribution >= 0.6 is 22.9 Å². The van der Waals surface area contributed by atoms with E-state index in [0.717, 1.165) is 5.13 Å². The minimum atomic E-state index is 0.0974. The maximum Gasteiger partial charge on any atom is 0.223 e. The van der Waals surface area contributed by atoms with Gasteiger partial charge in [0.25, 0.3) is 0 Å². The van der Waals surface area contributed by atoms with E-state index in [4.69, 9.17) is 11.6 Å². The van der Waals surface area contributed by atoms with Gasteiger partial charge in [0.1, 0.15) is 5.15 Å². The van der Waals surface area contributed by atoms with E-state index < -0.39 is 0 Å². The molecular weight excluding hydrogens is 222 g/mol. The molecule has 0 spiro atoms. The summed E-state index contributed by atoms with van der Waals surface area (Å²) in [6.07, 6.45) is 0.462. The number of aromatic nitrogens is 1. The molecule has 1 amide bonds. The Kier molecular flexibility index (Phi) is 4.16. The highest BCUT2D eigenvalue weighted by molar-refractivity contribution is 7.14. The average molecular weight is 234 g/mol. The van der Waals surface area contributed by atoms with Gasteiger partial charge in [-0.25, -0.2) is 4.98 Å². The number of nitrogens with zero attached hydrogens (tertiary/aromatic N) is 2. The molecule has 0 saturated heterocycles. The Morgan fingerprint density at radius 1 is 1.71 bits per heavy atom. The van der Waals surface area contributed by atoms with Crippen molar-refractivity contribution in [1.29, 1.82) is 0 Å². The summed E-state index contributed by atoms with van der Waals surface area (Å²) < 4.78 is 0. The summed E-state index contributed by atoms with van der Waals surface area (Å²) in [4.78, 5) is 16.7. The molecule has 0 saturated carbocycles. The third-order valence-corrected chi connectivity index (χ3v) is 2.71. The number of thiazole rings is 1. The third-order valence-electron chi connectivity index (χ3n) is 1.59. The summed E-state index contributed by atoms with van der Waals surface area (Å²) in [5.74, 6) is 0.0974. The van der Waals surface area contributed by atoms with Crippen molar-refractivity contribution >= 4 is 34.0 Å². The van der Waals surface area contributed by atoms with E-state index in [0.29, 0.717) is 18.1 Å². The number of carbonyl (C=O) groups is 1. The first-order valence-electron chi connectivity index (χ1n) is 4.14. The molecule has 1 aromatic heterocycles. The zero-order valence-corrected chi connectivity index (χ0v) is 9.65. The maximum absolute atomic E-state index is 11.2. The molecule has 0 fully saturated rings. The van der Waals surface area contributed by atoms with Crippen LogP contribution in [0, 0.1) is 0 Å². The summed E-state index contributed by atoms with van der Waals surface area (Å²) in [6, 6.07) is 0. The van der Waals surface area contributed by atoms with Crippen molar-refractivity contribution in [3.8, 4) is 0 Å². The molecule has 1 heterocycles. The highest BCUT2D eigenvalue weighted by atomic mass is 35.5. The zero-order chi connectivity index (χ0) is 10.6. The maximum atomic E-state index is 11.2. The molecule has 1 rings (SSSR count). The summed E-state index contributed by atoms with van der Waals surface area (Å²) in [6.45, 7) is 0.584.